The molecule has 0 N–H and O–H groups in total. The molecule has 0 aliphatic carbocycles. The molecule has 0 spiro atoms. The number of sulfone groups is 1. The summed E-state index contributed by atoms with van der Waals surface area (Å²) in [5, 5.41) is 0.702. The molecule has 7 nitrogen and oxygen atoms in total. The van der Waals surface area contributed by atoms with E-state index >= 15 is 0 Å². The fraction of sp³-hybridized carbons (Fsp3) is 0.250. The van der Waals surface area contributed by atoms with Crippen molar-refractivity contribution in [3.05, 3.63) is 60.4 Å². The number of amides is 1. The molecule has 0 radical (unpaired) electrons. The fourth-order valence-corrected chi connectivity index (χ4v) is 4.04. The molecule has 0 bridgehead atoms. The monoisotopic (exact) mass is 396 g/mol. The van der Waals surface area contributed by atoms with E-state index in [-0.39, 0.29) is 10.8 Å². The third-order valence-electron chi connectivity index (χ3n) is 4.90. The third-order valence-corrected chi connectivity index (χ3v) is 6.01. The highest BCUT2D eigenvalue weighted by atomic mass is 32.2. The van der Waals surface area contributed by atoms with Crippen LogP contribution in [0.4, 0.5) is 5.82 Å². The Kier molecular flexibility index (Phi) is 4.72. The van der Waals surface area contributed by atoms with E-state index in [0.29, 0.717) is 48.5 Å². The second-order valence-electron chi connectivity index (χ2n) is 6.79. The zero-order valence-electron chi connectivity index (χ0n) is 15.4. The van der Waals surface area contributed by atoms with Crippen LogP contribution in [0.1, 0.15) is 10.4 Å². The maximum Gasteiger partial charge on any atom is 0.253 e. The molecule has 2 heterocycles. The summed E-state index contributed by atoms with van der Waals surface area (Å²) in [6, 6.07) is 14.1. The van der Waals surface area contributed by atoms with Crippen LogP contribution in [0.5, 0.6) is 0 Å². The van der Waals surface area contributed by atoms with E-state index in [9.17, 15) is 13.2 Å². The van der Waals surface area contributed by atoms with E-state index in [1.165, 1.54) is 12.6 Å². The van der Waals surface area contributed by atoms with Gasteiger partial charge in [0.1, 0.15) is 12.1 Å². The molecule has 0 atom stereocenters. The van der Waals surface area contributed by atoms with E-state index < -0.39 is 9.84 Å². The molecule has 0 unspecified atom stereocenters. The Bertz CT molecular complexity index is 1120. The van der Waals surface area contributed by atoms with Crippen LogP contribution in [0.2, 0.25) is 0 Å². The van der Waals surface area contributed by atoms with Crippen molar-refractivity contribution in [3.63, 3.8) is 0 Å². The van der Waals surface area contributed by atoms with Gasteiger partial charge in [-0.25, -0.2) is 18.4 Å². The first-order chi connectivity index (χ1) is 13.4. The average Bonchev–Trinajstić information content (AvgIpc) is 2.72. The first kappa shape index (κ1) is 18.4. The molecule has 8 heteroatoms. The largest absolute Gasteiger partial charge is 0.352 e. The van der Waals surface area contributed by atoms with Crippen molar-refractivity contribution in [1.82, 2.24) is 14.9 Å². The van der Waals surface area contributed by atoms with Crippen molar-refractivity contribution in [3.8, 4) is 0 Å². The van der Waals surface area contributed by atoms with Gasteiger partial charge < -0.3 is 9.80 Å². The molecule has 1 amide bonds. The molecule has 28 heavy (non-hydrogen) atoms. The highest BCUT2D eigenvalue weighted by Gasteiger charge is 2.24. The van der Waals surface area contributed by atoms with Crippen molar-refractivity contribution in [2.24, 2.45) is 0 Å². The standard InChI is InChI=1S/C20H20N4O3S/c1-28(26,27)16-7-8-18-17(13-16)19(22-14-21-18)23-9-11-24(12-10-23)20(25)15-5-3-2-4-6-15/h2-8,13-14H,9-12H2,1H3. The van der Waals surface area contributed by atoms with Gasteiger partial charge in [-0.15, -0.1) is 0 Å². The van der Waals surface area contributed by atoms with Gasteiger partial charge in [0.25, 0.3) is 5.91 Å². The summed E-state index contributed by atoms with van der Waals surface area (Å²) in [6.45, 7) is 2.39. The molecule has 2 aromatic carbocycles. The van der Waals surface area contributed by atoms with Crippen molar-refractivity contribution in [2.45, 2.75) is 4.90 Å². The maximum absolute atomic E-state index is 12.6. The minimum absolute atomic E-state index is 0.0205. The zero-order valence-corrected chi connectivity index (χ0v) is 16.3. The van der Waals surface area contributed by atoms with Crippen LogP contribution in [0.15, 0.2) is 59.8 Å². The van der Waals surface area contributed by atoms with Gasteiger partial charge >= 0.3 is 0 Å². The average molecular weight is 396 g/mol. The summed E-state index contributed by atoms with van der Waals surface area (Å²) in [6.07, 6.45) is 2.67. The number of anilines is 1. The zero-order chi connectivity index (χ0) is 19.7. The second-order valence-corrected chi connectivity index (χ2v) is 8.81. The number of fused-ring (bicyclic) bond motifs is 1. The lowest BCUT2D eigenvalue weighted by Crippen LogP contribution is -2.49. The molecule has 1 fully saturated rings. The predicted molar refractivity (Wildman–Crippen MR) is 107 cm³/mol. The number of hydrogen-bond donors (Lipinski definition) is 0. The molecule has 3 aromatic rings. The number of piperazine rings is 1. The van der Waals surface area contributed by atoms with Crippen molar-refractivity contribution in [2.75, 3.05) is 37.3 Å². The first-order valence-corrected chi connectivity index (χ1v) is 10.9. The van der Waals surface area contributed by atoms with Crippen LogP contribution in [0, 0.1) is 0 Å². The van der Waals surface area contributed by atoms with Crippen LogP contribution in [-0.4, -0.2) is 61.6 Å². The van der Waals surface area contributed by atoms with Gasteiger partial charge in [0, 0.05) is 43.4 Å². The van der Waals surface area contributed by atoms with Gasteiger partial charge in [-0.05, 0) is 30.3 Å². The number of benzene rings is 2. The Morgan fingerprint density at radius 2 is 1.68 bits per heavy atom. The van der Waals surface area contributed by atoms with Gasteiger partial charge in [-0.1, -0.05) is 18.2 Å². The highest BCUT2D eigenvalue weighted by Crippen LogP contribution is 2.26. The van der Waals surface area contributed by atoms with Gasteiger partial charge in [-0.3, -0.25) is 4.79 Å². The second kappa shape index (κ2) is 7.20. The Morgan fingerprint density at radius 3 is 2.36 bits per heavy atom. The number of carbonyl (C=O) groups excluding carboxylic acids is 1. The number of hydrogen-bond acceptors (Lipinski definition) is 6. The molecular formula is C20H20N4O3S. The van der Waals surface area contributed by atoms with Crippen molar-refractivity contribution < 1.29 is 13.2 Å². The molecule has 144 valence electrons. The van der Waals surface area contributed by atoms with Crippen molar-refractivity contribution >= 4 is 32.5 Å². The van der Waals surface area contributed by atoms with Crippen LogP contribution >= 0.6 is 0 Å². The topological polar surface area (TPSA) is 83.5 Å². The lowest BCUT2D eigenvalue weighted by molar-refractivity contribution is 0.0746. The number of nitrogens with zero attached hydrogens (tertiary/aromatic N) is 4. The van der Waals surface area contributed by atoms with Crippen LogP contribution in [0.3, 0.4) is 0 Å². The predicted octanol–water partition coefficient (Wildman–Crippen LogP) is 2.00. The third kappa shape index (κ3) is 3.55. The lowest BCUT2D eigenvalue weighted by atomic mass is 10.1. The Hall–Kier alpha value is -3.00. The summed E-state index contributed by atoms with van der Waals surface area (Å²) in [5.74, 6) is 0.717. The molecular weight excluding hydrogens is 376 g/mol. The van der Waals surface area contributed by atoms with Crippen LogP contribution in [0.25, 0.3) is 10.9 Å². The lowest BCUT2D eigenvalue weighted by Gasteiger charge is -2.35. The molecule has 1 saturated heterocycles. The quantitative estimate of drug-likeness (QED) is 0.673. The normalized spacial score (nSPS) is 15.0. The van der Waals surface area contributed by atoms with Gasteiger partial charge in [0.05, 0.1) is 10.4 Å². The molecule has 1 aromatic heterocycles. The number of rotatable bonds is 3. The van der Waals surface area contributed by atoms with E-state index in [2.05, 4.69) is 14.9 Å². The van der Waals surface area contributed by atoms with Crippen molar-refractivity contribution in [1.29, 1.82) is 0 Å². The number of aromatic nitrogens is 2. The Labute approximate surface area is 163 Å². The minimum Gasteiger partial charge on any atom is -0.352 e. The molecule has 1 aliphatic rings. The van der Waals surface area contributed by atoms with Crippen LogP contribution < -0.4 is 4.90 Å². The van der Waals surface area contributed by atoms with E-state index in [1.54, 1.807) is 18.2 Å². The fourth-order valence-electron chi connectivity index (χ4n) is 3.39. The van der Waals surface area contributed by atoms with Gasteiger partial charge in [0.2, 0.25) is 0 Å². The summed E-state index contributed by atoms with van der Waals surface area (Å²) < 4.78 is 23.8. The number of carbonyl (C=O) groups is 1. The molecule has 1 aliphatic heterocycles. The molecule has 0 saturated carbocycles. The smallest absolute Gasteiger partial charge is 0.253 e. The molecule has 4 rings (SSSR count). The maximum atomic E-state index is 12.6. The first-order valence-electron chi connectivity index (χ1n) is 8.97. The van der Waals surface area contributed by atoms with Crippen LogP contribution in [-0.2, 0) is 9.84 Å². The van der Waals surface area contributed by atoms with E-state index in [0.717, 1.165) is 0 Å². The van der Waals surface area contributed by atoms with Gasteiger partial charge in [-0.2, -0.15) is 0 Å². The van der Waals surface area contributed by atoms with E-state index in [4.69, 9.17) is 0 Å². The SMILES string of the molecule is CS(=O)(=O)c1ccc2ncnc(N3CCN(C(=O)c4ccccc4)CC3)c2c1. The van der Waals surface area contributed by atoms with Gasteiger partial charge in [0.15, 0.2) is 9.84 Å². The summed E-state index contributed by atoms with van der Waals surface area (Å²) in [5.41, 5.74) is 1.38. The summed E-state index contributed by atoms with van der Waals surface area (Å²) in [4.78, 5) is 25.4. The Morgan fingerprint density at radius 1 is 0.964 bits per heavy atom. The Balaban J connectivity index is 1.58. The summed E-state index contributed by atoms with van der Waals surface area (Å²) in [7, 11) is -3.32. The highest BCUT2D eigenvalue weighted by molar-refractivity contribution is 7.90. The summed E-state index contributed by atoms with van der Waals surface area (Å²) >= 11 is 0. The van der Waals surface area contributed by atoms with E-state index in [1.807, 2.05) is 35.2 Å². The minimum atomic E-state index is -3.32.